The minimum atomic E-state index is 0.419. The molecule has 0 saturated carbocycles. The van der Waals surface area contributed by atoms with Gasteiger partial charge in [0.25, 0.3) is 0 Å². The average molecular weight is 353 g/mol. The van der Waals surface area contributed by atoms with E-state index in [0.29, 0.717) is 23.1 Å². The number of anilines is 1. The van der Waals surface area contributed by atoms with Crippen LogP contribution in [0.3, 0.4) is 0 Å². The highest BCUT2D eigenvalue weighted by Gasteiger charge is 2.17. The number of aryl methyl sites for hydroxylation is 1. The average Bonchev–Trinajstić information content (AvgIpc) is 2.69. The van der Waals surface area contributed by atoms with Crippen LogP contribution in [0.5, 0.6) is 0 Å². The molecule has 0 unspecified atom stereocenters. The smallest absolute Gasteiger partial charge is 0.132 e. The van der Waals surface area contributed by atoms with Gasteiger partial charge in [0.2, 0.25) is 0 Å². The van der Waals surface area contributed by atoms with E-state index in [9.17, 15) is 0 Å². The normalized spacial score (nSPS) is 10.5. The molecule has 20 heavy (non-hydrogen) atoms. The second-order valence-corrected chi connectivity index (χ2v) is 5.75. The van der Waals surface area contributed by atoms with E-state index in [1.54, 1.807) is 0 Å². The molecule has 0 aliphatic carbocycles. The molecular weight excluding hydrogens is 338 g/mol. The number of benzene rings is 1. The van der Waals surface area contributed by atoms with Gasteiger partial charge in [0, 0.05) is 16.5 Å². The van der Waals surface area contributed by atoms with Gasteiger partial charge in [0.05, 0.1) is 11.6 Å². The summed E-state index contributed by atoms with van der Waals surface area (Å²) in [5.74, 6) is 4.08. The number of terminal acetylenes is 1. The van der Waals surface area contributed by atoms with Gasteiger partial charge in [-0.2, -0.15) is 0 Å². The summed E-state index contributed by atoms with van der Waals surface area (Å²) < 4.78 is 2.79. The maximum Gasteiger partial charge on any atom is 0.132 e. The van der Waals surface area contributed by atoms with Gasteiger partial charge in [0.15, 0.2) is 0 Å². The number of nitrogen functional groups attached to an aromatic ring is 1. The van der Waals surface area contributed by atoms with E-state index in [-0.39, 0.29) is 0 Å². The van der Waals surface area contributed by atoms with E-state index in [4.69, 9.17) is 23.8 Å². The van der Waals surface area contributed by atoms with Crippen molar-refractivity contribution in [2.45, 2.75) is 26.3 Å². The highest BCUT2D eigenvalue weighted by Crippen LogP contribution is 2.34. The van der Waals surface area contributed by atoms with Crippen molar-refractivity contribution in [3.05, 3.63) is 33.5 Å². The van der Waals surface area contributed by atoms with Crippen molar-refractivity contribution in [1.82, 2.24) is 9.55 Å². The molecule has 0 aliphatic rings. The van der Waals surface area contributed by atoms with Crippen LogP contribution in [0.25, 0.3) is 11.3 Å². The summed E-state index contributed by atoms with van der Waals surface area (Å²) in [6.45, 7) is 2.51. The summed E-state index contributed by atoms with van der Waals surface area (Å²) in [6, 6.07) is 5.65. The van der Waals surface area contributed by atoms with Gasteiger partial charge in [-0.3, -0.25) is 0 Å². The van der Waals surface area contributed by atoms with Crippen molar-refractivity contribution in [2.24, 2.45) is 0 Å². The first kappa shape index (κ1) is 15.0. The van der Waals surface area contributed by atoms with Gasteiger partial charge in [-0.15, -0.1) is 6.42 Å². The largest absolute Gasteiger partial charge is 0.383 e. The molecule has 5 heteroatoms. The zero-order chi connectivity index (χ0) is 14.7. The molecule has 1 aromatic heterocycles. The van der Waals surface area contributed by atoms with Crippen molar-refractivity contribution in [3.63, 3.8) is 0 Å². The van der Waals surface area contributed by atoms with Crippen LogP contribution in [-0.4, -0.2) is 9.55 Å². The summed E-state index contributed by atoms with van der Waals surface area (Å²) in [4.78, 5) is 4.62. The molecule has 104 valence electrons. The number of nitrogens with zero attached hydrogens (tertiary/aromatic N) is 2. The molecule has 0 spiro atoms. The molecule has 3 nitrogen and oxygen atoms in total. The molecule has 0 saturated heterocycles. The molecule has 2 aromatic rings. The highest BCUT2D eigenvalue weighted by atomic mass is 79.9. The lowest BCUT2D eigenvalue weighted by Gasteiger charge is -2.05. The standard InChI is InChI=1S/C15H15BrClN3/c1-3-5-13-19-14(15(18)20(13)8-4-2)11-7-6-10(16)9-12(11)17/h2,6-7,9H,3,5,8,18H2,1H3. The SMILES string of the molecule is C#CCn1c(CCC)nc(-c2ccc(Br)cc2Cl)c1N. The summed E-state index contributed by atoms with van der Waals surface area (Å²) >= 11 is 9.67. The van der Waals surface area contributed by atoms with Crippen LogP contribution >= 0.6 is 27.5 Å². The Labute approximate surface area is 132 Å². The van der Waals surface area contributed by atoms with Gasteiger partial charge >= 0.3 is 0 Å². The summed E-state index contributed by atoms with van der Waals surface area (Å²) in [7, 11) is 0. The van der Waals surface area contributed by atoms with Crippen molar-refractivity contribution in [1.29, 1.82) is 0 Å². The van der Waals surface area contributed by atoms with Crippen LogP contribution in [-0.2, 0) is 13.0 Å². The molecule has 0 atom stereocenters. The maximum absolute atomic E-state index is 6.28. The molecule has 0 bridgehead atoms. The fraction of sp³-hybridized carbons (Fsp3) is 0.267. The third kappa shape index (κ3) is 2.84. The zero-order valence-corrected chi connectivity index (χ0v) is 13.5. The van der Waals surface area contributed by atoms with Gasteiger partial charge < -0.3 is 10.3 Å². The number of aromatic nitrogens is 2. The van der Waals surface area contributed by atoms with Crippen molar-refractivity contribution in [3.8, 4) is 23.6 Å². The molecule has 0 radical (unpaired) electrons. The van der Waals surface area contributed by atoms with Crippen LogP contribution in [0.15, 0.2) is 22.7 Å². The van der Waals surface area contributed by atoms with Crippen LogP contribution in [0.1, 0.15) is 19.2 Å². The van der Waals surface area contributed by atoms with Crippen LogP contribution in [0.4, 0.5) is 5.82 Å². The zero-order valence-electron chi connectivity index (χ0n) is 11.2. The Balaban J connectivity index is 2.57. The Morgan fingerprint density at radius 1 is 1.50 bits per heavy atom. The Morgan fingerprint density at radius 3 is 2.85 bits per heavy atom. The topological polar surface area (TPSA) is 43.8 Å². The molecule has 2 N–H and O–H groups in total. The number of halogens is 2. The van der Waals surface area contributed by atoms with Gasteiger partial charge in [-0.05, 0) is 18.6 Å². The van der Waals surface area contributed by atoms with E-state index in [1.165, 1.54) is 0 Å². The van der Waals surface area contributed by atoms with Crippen molar-refractivity contribution >= 4 is 33.3 Å². The fourth-order valence-corrected chi connectivity index (χ4v) is 2.84. The second kappa shape index (κ2) is 6.34. The fourth-order valence-electron chi connectivity index (χ4n) is 2.08. The Kier molecular flexibility index (Phi) is 4.74. The Morgan fingerprint density at radius 2 is 2.25 bits per heavy atom. The van der Waals surface area contributed by atoms with Gasteiger partial charge in [0.1, 0.15) is 17.3 Å². The molecule has 0 aliphatic heterocycles. The van der Waals surface area contributed by atoms with E-state index >= 15 is 0 Å². The van der Waals surface area contributed by atoms with E-state index in [1.807, 2.05) is 22.8 Å². The monoisotopic (exact) mass is 351 g/mol. The third-order valence-corrected chi connectivity index (χ3v) is 3.80. The van der Waals surface area contributed by atoms with Crippen molar-refractivity contribution in [2.75, 3.05) is 5.73 Å². The quantitative estimate of drug-likeness (QED) is 0.841. The predicted molar refractivity (Wildman–Crippen MR) is 87.6 cm³/mol. The minimum Gasteiger partial charge on any atom is -0.383 e. The first-order valence-electron chi connectivity index (χ1n) is 6.32. The molecule has 1 aromatic carbocycles. The number of hydrogen-bond acceptors (Lipinski definition) is 2. The lowest BCUT2D eigenvalue weighted by Crippen LogP contribution is -2.06. The first-order valence-corrected chi connectivity index (χ1v) is 7.49. The van der Waals surface area contributed by atoms with Crippen LogP contribution in [0, 0.1) is 12.3 Å². The lowest BCUT2D eigenvalue weighted by atomic mass is 10.1. The Bertz CT molecular complexity index is 670. The number of hydrogen-bond donors (Lipinski definition) is 1. The molecule has 2 rings (SSSR count). The number of rotatable bonds is 4. The molecule has 0 amide bonds. The summed E-state index contributed by atoms with van der Waals surface area (Å²) in [6.07, 6.45) is 7.22. The van der Waals surface area contributed by atoms with Crippen molar-refractivity contribution < 1.29 is 0 Å². The number of imidazole rings is 1. The lowest BCUT2D eigenvalue weighted by molar-refractivity contribution is 0.733. The van der Waals surface area contributed by atoms with E-state index < -0.39 is 0 Å². The predicted octanol–water partition coefficient (Wildman–Crippen LogP) is 4.13. The van der Waals surface area contributed by atoms with Gasteiger partial charge in [-0.1, -0.05) is 46.4 Å². The highest BCUT2D eigenvalue weighted by molar-refractivity contribution is 9.10. The van der Waals surface area contributed by atoms with Gasteiger partial charge in [-0.25, -0.2) is 4.98 Å². The number of nitrogens with two attached hydrogens (primary N) is 1. The summed E-state index contributed by atoms with van der Waals surface area (Å²) in [5, 5.41) is 0.611. The second-order valence-electron chi connectivity index (χ2n) is 4.43. The van der Waals surface area contributed by atoms with Crippen LogP contribution in [0.2, 0.25) is 5.02 Å². The first-order chi connectivity index (χ1) is 9.58. The maximum atomic E-state index is 6.28. The summed E-state index contributed by atoms with van der Waals surface area (Å²) in [5.41, 5.74) is 7.71. The third-order valence-electron chi connectivity index (χ3n) is 3.00. The molecular formula is C15H15BrClN3. The van der Waals surface area contributed by atoms with E-state index in [2.05, 4.69) is 33.8 Å². The molecule has 0 fully saturated rings. The Hall–Kier alpha value is -1.44. The molecule has 1 heterocycles. The minimum absolute atomic E-state index is 0.419. The van der Waals surface area contributed by atoms with E-state index in [0.717, 1.165) is 28.7 Å². The van der Waals surface area contributed by atoms with Crippen LogP contribution < -0.4 is 5.73 Å².